The van der Waals surface area contributed by atoms with Gasteiger partial charge in [-0.1, -0.05) is 23.8 Å². The van der Waals surface area contributed by atoms with Crippen LogP contribution >= 0.6 is 0 Å². The van der Waals surface area contributed by atoms with E-state index in [0.29, 0.717) is 5.56 Å². The Morgan fingerprint density at radius 1 is 1.22 bits per heavy atom. The zero-order chi connectivity index (χ0) is 19.0. The van der Waals surface area contributed by atoms with E-state index in [0.717, 1.165) is 29.3 Å². The highest BCUT2D eigenvalue weighted by Gasteiger charge is 2.33. The number of H-pyrrole nitrogens is 1. The molecule has 5 nitrogen and oxygen atoms in total. The molecular formula is C21H20FN3O2. The first-order valence-electron chi connectivity index (χ1n) is 8.96. The molecule has 1 aliphatic rings. The van der Waals surface area contributed by atoms with E-state index in [1.165, 1.54) is 12.1 Å². The number of fused-ring (bicyclic) bond motifs is 1. The summed E-state index contributed by atoms with van der Waals surface area (Å²) in [6.07, 6.45) is 1.77. The van der Waals surface area contributed by atoms with Gasteiger partial charge in [0.25, 0.3) is 5.56 Å². The van der Waals surface area contributed by atoms with Gasteiger partial charge in [0.2, 0.25) is 0 Å². The molecule has 2 N–H and O–H groups in total. The largest absolute Gasteiger partial charge is 0.322 e. The molecular weight excluding hydrogens is 345 g/mol. The Morgan fingerprint density at radius 2 is 2.00 bits per heavy atom. The second kappa shape index (κ2) is 6.87. The van der Waals surface area contributed by atoms with E-state index in [2.05, 4.69) is 10.3 Å². The quantitative estimate of drug-likeness (QED) is 0.729. The Balaban J connectivity index is 1.61. The molecule has 4 rings (SSSR count). The lowest BCUT2D eigenvalue weighted by Crippen LogP contribution is -2.38. The van der Waals surface area contributed by atoms with Gasteiger partial charge in [-0.2, -0.15) is 0 Å². The van der Waals surface area contributed by atoms with Gasteiger partial charge in [-0.15, -0.1) is 0 Å². The number of para-hydroxylation sites is 1. The first-order valence-corrected chi connectivity index (χ1v) is 8.96. The lowest BCUT2D eigenvalue weighted by atomic mass is 10.1. The number of rotatable bonds is 4. The number of hydrogen-bond donors (Lipinski definition) is 2. The number of pyridine rings is 1. The third kappa shape index (κ3) is 3.69. The summed E-state index contributed by atoms with van der Waals surface area (Å²) in [5.41, 5.74) is 2.30. The second-order valence-electron chi connectivity index (χ2n) is 6.98. The summed E-state index contributed by atoms with van der Waals surface area (Å²) in [4.78, 5) is 29.7. The van der Waals surface area contributed by atoms with Crippen LogP contribution in [0, 0.1) is 12.7 Å². The summed E-state index contributed by atoms with van der Waals surface area (Å²) >= 11 is 0. The molecule has 1 heterocycles. The maximum absolute atomic E-state index is 13.8. The van der Waals surface area contributed by atoms with Crippen LogP contribution in [0.3, 0.4) is 0 Å². The molecule has 1 aliphatic carbocycles. The Bertz CT molecular complexity index is 1070. The zero-order valence-electron chi connectivity index (χ0n) is 15.0. The molecule has 2 aromatic carbocycles. The smallest absolute Gasteiger partial charge is 0.322 e. The highest BCUT2D eigenvalue weighted by molar-refractivity contribution is 5.90. The molecule has 2 amide bonds. The molecule has 0 radical (unpaired) electrons. The average Bonchev–Trinajstić information content (AvgIpc) is 3.47. The number of nitrogens with zero attached hydrogens (tertiary/aromatic N) is 1. The topological polar surface area (TPSA) is 65.2 Å². The van der Waals surface area contributed by atoms with Crippen LogP contribution in [-0.2, 0) is 6.54 Å². The van der Waals surface area contributed by atoms with Crippen LogP contribution < -0.4 is 10.9 Å². The standard InChI is InChI=1S/C21H20FN3O2/c1-13-6-9-18-14(10-13)11-15(20(26)23-18)12-25(16-7-8-16)21(27)24-19-5-3-2-4-17(19)22/h2-6,9-11,16H,7-8,12H2,1H3,(H,23,26)(H,24,27). The van der Waals surface area contributed by atoms with Crippen molar-refractivity contribution in [2.24, 2.45) is 0 Å². The Kier molecular flexibility index (Phi) is 4.39. The molecule has 0 atom stereocenters. The van der Waals surface area contributed by atoms with Crippen molar-refractivity contribution in [2.75, 3.05) is 5.32 Å². The predicted octanol–water partition coefficient (Wildman–Crippen LogP) is 4.17. The fourth-order valence-corrected chi connectivity index (χ4v) is 3.17. The van der Waals surface area contributed by atoms with Crippen LogP contribution in [-0.4, -0.2) is 22.0 Å². The van der Waals surface area contributed by atoms with Crippen LogP contribution in [0.5, 0.6) is 0 Å². The van der Waals surface area contributed by atoms with Crippen molar-refractivity contribution in [3.63, 3.8) is 0 Å². The molecule has 27 heavy (non-hydrogen) atoms. The number of carbonyl (C=O) groups is 1. The van der Waals surface area contributed by atoms with E-state index in [4.69, 9.17) is 0 Å². The number of carbonyl (C=O) groups excluding carboxylic acids is 1. The molecule has 1 aromatic heterocycles. The molecule has 3 aromatic rings. The maximum atomic E-state index is 13.8. The number of aromatic amines is 1. The van der Waals surface area contributed by atoms with Crippen LogP contribution in [0.15, 0.2) is 53.3 Å². The lowest BCUT2D eigenvalue weighted by Gasteiger charge is -2.23. The van der Waals surface area contributed by atoms with Gasteiger partial charge in [0.1, 0.15) is 5.82 Å². The van der Waals surface area contributed by atoms with Crippen molar-refractivity contribution in [3.05, 3.63) is 75.8 Å². The minimum Gasteiger partial charge on any atom is -0.322 e. The lowest BCUT2D eigenvalue weighted by molar-refractivity contribution is 0.206. The van der Waals surface area contributed by atoms with Crippen molar-refractivity contribution >= 4 is 22.6 Å². The molecule has 1 fully saturated rings. The monoisotopic (exact) mass is 365 g/mol. The van der Waals surface area contributed by atoms with E-state index in [1.807, 2.05) is 31.2 Å². The molecule has 1 saturated carbocycles. The number of anilines is 1. The maximum Gasteiger partial charge on any atom is 0.322 e. The van der Waals surface area contributed by atoms with E-state index < -0.39 is 11.8 Å². The van der Waals surface area contributed by atoms with E-state index in [9.17, 15) is 14.0 Å². The van der Waals surface area contributed by atoms with E-state index >= 15 is 0 Å². The van der Waals surface area contributed by atoms with Crippen molar-refractivity contribution in [1.29, 1.82) is 0 Å². The van der Waals surface area contributed by atoms with Crippen molar-refractivity contribution in [1.82, 2.24) is 9.88 Å². The van der Waals surface area contributed by atoms with Crippen molar-refractivity contribution in [2.45, 2.75) is 32.4 Å². The molecule has 6 heteroatoms. The molecule has 0 aliphatic heterocycles. The number of aromatic nitrogens is 1. The van der Waals surface area contributed by atoms with Gasteiger partial charge in [0.05, 0.1) is 12.2 Å². The minimum absolute atomic E-state index is 0.0735. The SMILES string of the molecule is Cc1ccc2[nH]c(=O)c(CN(C(=O)Nc3ccccc3F)C3CC3)cc2c1. The van der Waals surface area contributed by atoms with Gasteiger partial charge in [0.15, 0.2) is 0 Å². The van der Waals surface area contributed by atoms with Gasteiger partial charge >= 0.3 is 6.03 Å². The van der Waals surface area contributed by atoms with Crippen LogP contribution in [0.1, 0.15) is 24.0 Å². The fourth-order valence-electron chi connectivity index (χ4n) is 3.17. The number of halogens is 1. The van der Waals surface area contributed by atoms with Crippen LogP contribution in [0.2, 0.25) is 0 Å². The van der Waals surface area contributed by atoms with Gasteiger partial charge in [-0.25, -0.2) is 9.18 Å². The fraction of sp³-hybridized carbons (Fsp3) is 0.238. The number of hydrogen-bond acceptors (Lipinski definition) is 2. The highest BCUT2D eigenvalue weighted by Crippen LogP contribution is 2.29. The zero-order valence-corrected chi connectivity index (χ0v) is 15.0. The molecule has 0 saturated heterocycles. The average molecular weight is 365 g/mol. The number of urea groups is 1. The Hall–Kier alpha value is -3.15. The van der Waals surface area contributed by atoms with E-state index in [-0.39, 0.29) is 23.8 Å². The highest BCUT2D eigenvalue weighted by atomic mass is 19.1. The Morgan fingerprint density at radius 3 is 2.74 bits per heavy atom. The van der Waals surface area contributed by atoms with Crippen LogP contribution in [0.4, 0.5) is 14.9 Å². The summed E-state index contributed by atoms with van der Waals surface area (Å²) in [7, 11) is 0. The van der Waals surface area contributed by atoms with Gasteiger partial charge in [-0.05, 0) is 55.5 Å². The summed E-state index contributed by atoms with van der Waals surface area (Å²) in [6.45, 7) is 2.17. The normalized spacial score (nSPS) is 13.6. The van der Waals surface area contributed by atoms with Crippen molar-refractivity contribution in [3.8, 4) is 0 Å². The third-order valence-electron chi connectivity index (χ3n) is 4.78. The number of benzene rings is 2. The number of amides is 2. The summed E-state index contributed by atoms with van der Waals surface area (Å²) in [5.74, 6) is -0.486. The summed E-state index contributed by atoms with van der Waals surface area (Å²) < 4.78 is 13.8. The Labute approximate surface area is 155 Å². The third-order valence-corrected chi connectivity index (χ3v) is 4.78. The van der Waals surface area contributed by atoms with Gasteiger partial charge in [0, 0.05) is 17.1 Å². The van der Waals surface area contributed by atoms with Gasteiger partial charge in [-0.3, -0.25) is 4.79 Å². The summed E-state index contributed by atoms with van der Waals surface area (Å²) in [6, 6.07) is 13.4. The van der Waals surface area contributed by atoms with Crippen molar-refractivity contribution < 1.29 is 9.18 Å². The molecule has 0 spiro atoms. The first-order chi connectivity index (χ1) is 13.0. The number of nitrogens with one attached hydrogen (secondary N) is 2. The molecule has 0 unspecified atom stereocenters. The van der Waals surface area contributed by atoms with Gasteiger partial charge < -0.3 is 15.2 Å². The second-order valence-corrected chi connectivity index (χ2v) is 6.98. The summed E-state index contributed by atoms with van der Waals surface area (Å²) in [5, 5.41) is 3.54. The molecule has 0 bridgehead atoms. The number of aryl methyl sites for hydroxylation is 1. The molecule has 138 valence electrons. The van der Waals surface area contributed by atoms with Crippen LogP contribution in [0.25, 0.3) is 10.9 Å². The van der Waals surface area contributed by atoms with E-state index in [1.54, 1.807) is 17.0 Å². The minimum atomic E-state index is -0.486. The predicted molar refractivity (Wildman–Crippen MR) is 103 cm³/mol. The first kappa shape index (κ1) is 17.3.